The predicted octanol–water partition coefficient (Wildman–Crippen LogP) is 17.8. The lowest BCUT2D eigenvalue weighted by atomic mass is 10.00. The molecule has 84 heavy (non-hydrogen) atoms. The fourth-order valence-corrected chi connectivity index (χ4v) is 11.2. The van der Waals surface area contributed by atoms with E-state index in [0.717, 1.165) is 108 Å². The van der Waals surface area contributed by atoms with Crippen LogP contribution in [0.15, 0.2) is 0 Å². The molecule has 0 aliphatic carbocycles. The van der Waals surface area contributed by atoms with Crippen molar-refractivity contribution in [1.82, 2.24) is 0 Å². The van der Waals surface area contributed by atoms with Crippen LogP contribution in [-0.4, -0.2) is 96.7 Å². The lowest BCUT2D eigenvalue weighted by Crippen LogP contribution is -2.30. The van der Waals surface area contributed by atoms with Crippen LogP contribution in [0.5, 0.6) is 0 Å². The summed E-state index contributed by atoms with van der Waals surface area (Å²) in [4.78, 5) is 72.2. The molecule has 0 amide bonds. The number of unbranched alkanes of at least 4 members (excludes halogenated alkanes) is 27. The highest BCUT2D eigenvalue weighted by Gasteiger charge is 2.30. The van der Waals surface area contributed by atoms with Gasteiger partial charge in [0.25, 0.3) is 0 Å². The maximum atomic E-state index is 13.0. The number of hydrogen-bond acceptors (Lipinski definition) is 15. The van der Waals surface area contributed by atoms with Crippen LogP contribution in [0.2, 0.25) is 0 Å². The van der Waals surface area contributed by atoms with Crippen molar-refractivity contribution in [2.45, 2.75) is 331 Å². The molecule has 17 nitrogen and oxygen atoms in total. The summed E-state index contributed by atoms with van der Waals surface area (Å²) in [6.45, 7) is 13.9. The molecular formula is C65H126O17P2. The van der Waals surface area contributed by atoms with Gasteiger partial charge < -0.3 is 33.8 Å². The first-order valence-electron chi connectivity index (χ1n) is 33.7. The van der Waals surface area contributed by atoms with Crippen LogP contribution < -0.4 is 0 Å². The summed E-state index contributed by atoms with van der Waals surface area (Å²) < 4.78 is 68.0. The fraction of sp³-hybridized carbons (Fsp3) is 0.938. The molecule has 3 N–H and O–H groups in total. The Balaban J connectivity index is 5.22. The minimum absolute atomic E-state index is 0.101. The Morgan fingerprint density at radius 2 is 0.571 bits per heavy atom. The second-order valence-electron chi connectivity index (χ2n) is 25.2. The largest absolute Gasteiger partial charge is 0.472 e. The van der Waals surface area contributed by atoms with Gasteiger partial charge in [0.1, 0.15) is 19.3 Å². The maximum absolute atomic E-state index is 13.0. The van der Waals surface area contributed by atoms with E-state index in [1.165, 1.54) is 109 Å². The van der Waals surface area contributed by atoms with Crippen molar-refractivity contribution in [1.29, 1.82) is 0 Å². The summed E-state index contributed by atoms with van der Waals surface area (Å²) in [5.41, 5.74) is 0. The molecule has 0 bridgehead atoms. The van der Waals surface area contributed by atoms with E-state index in [-0.39, 0.29) is 25.7 Å². The monoisotopic (exact) mass is 1240 g/mol. The summed E-state index contributed by atoms with van der Waals surface area (Å²) in [5, 5.41) is 10.5. The van der Waals surface area contributed by atoms with E-state index in [1.807, 2.05) is 0 Å². The average molecular weight is 1240 g/mol. The Morgan fingerprint density at radius 3 is 0.845 bits per heavy atom. The molecule has 0 saturated heterocycles. The molecule has 0 spiro atoms. The predicted molar refractivity (Wildman–Crippen MR) is 335 cm³/mol. The lowest BCUT2D eigenvalue weighted by Gasteiger charge is -2.21. The Hall–Kier alpha value is -1.94. The van der Waals surface area contributed by atoms with Gasteiger partial charge in [0.15, 0.2) is 12.2 Å². The lowest BCUT2D eigenvalue weighted by molar-refractivity contribution is -0.161. The Morgan fingerprint density at radius 1 is 0.333 bits per heavy atom. The van der Waals surface area contributed by atoms with E-state index in [1.54, 1.807) is 0 Å². The second-order valence-corrected chi connectivity index (χ2v) is 28.1. The van der Waals surface area contributed by atoms with Crippen molar-refractivity contribution >= 4 is 39.5 Å². The van der Waals surface area contributed by atoms with Crippen LogP contribution in [0.1, 0.15) is 312 Å². The third-order valence-corrected chi connectivity index (χ3v) is 17.1. The Kier molecular flexibility index (Phi) is 53.9. The van der Waals surface area contributed by atoms with Crippen LogP contribution in [0.3, 0.4) is 0 Å². The van der Waals surface area contributed by atoms with E-state index in [9.17, 15) is 43.2 Å². The number of carbonyl (C=O) groups is 4. The fourth-order valence-electron chi connectivity index (χ4n) is 9.57. The molecule has 0 radical (unpaired) electrons. The second kappa shape index (κ2) is 55.2. The van der Waals surface area contributed by atoms with Crippen molar-refractivity contribution in [3.05, 3.63) is 0 Å². The number of carbonyl (C=O) groups excluding carboxylic acids is 4. The number of aliphatic hydroxyl groups is 1. The molecule has 19 heteroatoms. The van der Waals surface area contributed by atoms with Gasteiger partial charge >= 0.3 is 39.5 Å². The van der Waals surface area contributed by atoms with Gasteiger partial charge in [-0.3, -0.25) is 37.3 Å². The third kappa shape index (κ3) is 57.8. The van der Waals surface area contributed by atoms with Crippen LogP contribution in [0, 0.1) is 23.7 Å². The number of esters is 4. The zero-order chi connectivity index (χ0) is 62.5. The zero-order valence-corrected chi connectivity index (χ0v) is 56.3. The van der Waals surface area contributed by atoms with Gasteiger partial charge in [-0.15, -0.1) is 0 Å². The molecule has 6 atom stereocenters. The van der Waals surface area contributed by atoms with Crippen LogP contribution in [-0.2, 0) is 65.4 Å². The van der Waals surface area contributed by atoms with Gasteiger partial charge in [-0.05, 0) is 49.4 Å². The molecular weight excluding hydrogens is 1110 g/mol. The van der Waals surface area contributed by atoms with Crippen LogP contribution >= 0.6 is 15.6 Å². The molecule has 0 aliphatic heterocycles. The third-order valence-electron chi connectivity index (χ3n) is 15.2. The Labute approximate surface area is 511 Å². The summed E-state index contributed by atoms with van der Waals surface area (Å²) in [5.74, 6) is 0.734. The molecule has 0 aromatic heterocycles. The molecule has 0 saturated carbocycles. The summed E-state index contributed by atoms with van der Waals surface area (Å²) >= 11 is 0. The van der Waals surface area contributed by atoms with Gasteiger partial charge in [0, 0.05) is 25.7 Å². The van der Waals surface area contributed by atoms with Crippen LogP contribution in [0.4, 0.5) is 0 Å². The molecule has 498 valence electrons. The number of aliphatic hydroxyl groups excluding tert-OH is 1. The molecule has 0 heterocycles. The minimum atomic E-state index is -4.95. The topological polar surface area (TPSA) is 237 Å². The van der Waals surface area contributed by atoms with E-state index >= 15 is 0 Å². The van der Waals surface area contributed by atoms with Crippen molar-refractivity contribution < 1.29 is 80.2 Å². The number of phosphoric acid groups is 2. The van der Waals surface area contributed by atoms with Gasteiger partial charge in [-0.1, -0.05) is 261 Å². The molecule has 0 fully saturated rings. The molecule has 0 aromatic carbocycles. The first kappa shape index (κ1) is 82.1. The number of hydrogen-bond donors (Lipinski definition) is 3. The maximum Gasteiger partial charge on any atom is 0.472 e. The summed E-state index contributed by atoms with van der Waals surface area (Å²) in [7, 11) is -9.89. The number of rotatable bonds is 62. The van der Waals surface area contributed by atoms with Crippen molar-refractivity contribution in [2.75, 3.05) is 39.6 Å². The standard InChI is InChI=1S/C65H126O17P2/c1-9-58(8)44-36-28-22-24-32-40-48-65(70)82-61(52-76-63(68)46-38-30-23-21-27-35-43-57(6)7)54-80-84(73,74)78-50-59(66)49-77-83(71,72)79-53-60(81-64(69)47-39-31-20-16-18-26-34-42-56(4)5)51-75-62(67)45-37-29-19-15-13-11-10-12-14-17-25-33-41-55(2)3/h55-61,66H,9-54H2,1-8H3,(H,71,72)(H,73,74)/t58?,59-,60-,61-/m1/s1. The molecule has 3 unspecified atom stereocenters. The highest BCUT2D eigenvalue weighted by molar-refractivity contribution is 7.47. The van der Waals surface area contributed by atoms with Gasteiger partial charge in [-0.25, -0.2) is 9.13 Å². The average Bonchev–Trinajstić information content (AvgIpc) is 3.45. The highest BCUT2D eigenvalue weighted by atomic mass is 31.2. The zero-order valence-electron chi connectivity index (χ0n) is 54.5. The molecule has 0 aromatic rings. The van der Waals surface area contributed by atoms with Crippen molar-refractivity contribution in [3.8, 4) is 0 Å². The van der Waals surface area contributed by atoms with E-state index in [2.05, 4.69) is 55.4 Å². The van der Waals surface area contributed by atoms with Gasteiger partial charge in [0.2, 0.25) is 0 Å². The number of phosphoric ester groups is 2. The van der Waals surface area contributed by atoms with Crippen molar-refractivity contribution in [2.24, 2.45) is 23.7 Å². The quantitative estimate of drug-likeness (QED) is 0.0222. The van der Waals surface area contributed by atoms with E-state index < -0.39 is 97.5 Å². The molecule has 0 rings (SSSR count). The van der Waals surface area contributed by atoms with Crippen molar-refractivity contribution in [3.63, 3.8) is 0 Å². The highest BCUT2D eigenvalue weighted by Crippen LogP contribution is 2.45. The molecule has 0 aliphatic rings. The van der Waals surface area contributed by atoms with Crippen LogP contribution in [0.25, 0.3) is 0 Å². The first-order valence-corrected chi connectivity index (χ1v) is 36.7. The van der Waals surface area contributed by atoms with Gasteiger partial charge in [-0.2, -0.15) is 0 Å². The summed E-state index contributed by atoms with van der Waals surface area (Å²) in [6, 6.07) is 0. The number of ether oxygens (including phenoxy) is 4. The van der Waals surface area contributed by atoms with E-state index in [4.69, 9.17) is 37.0 Å². The Bertz CT molecular complexity index is 1680. The summed E-state index contributed by atoms with van der Waals surface area (Å²) in [6.07, 6.45) is 35.1. The smallest absolute Gasteiger partial charge is 0.462 e. The SMILES string of the molecule is CCC(C)CCCCCCCCC(=O)O[C@H](COC(=O)CCCCCCCCC(C)C)COP(=O)(O)OC[C@H](O)COP(=O)(O)OC[C@@H](COC(=O)CCCCCCCCCCCCCCC(C)C)OC(=O)CCCCCCCCCC(C)C. The van der Waals surface area contributed by atoms with E-state index in [0.29, 0.717) is 37.5 Å². The minimum Gasteiger partial charge on any atom is -0.462 e. The normalized spacial score (nSPS) is 14.7. The first-order chi connectivity index (χ1) is 40.1. The van der Waals surface area contributed by atoms with Gasteiger partial charge in [0.05, 0.1) is 26.4 Å².